The second-order valence-corrected chi connectivity index (χ2v) is 4.17. The molecule has 15 heavy (non-hydrogen) atoms. The first kappa shape index (κ1) is 14.1. The van der Waals surface area contributed by atoms with Crippen molar-refractivity contribution in [1.29, 1.82) is 0 Å². The Hall–Kier alpha value is -0.900. The number of esters is 1. The van der Waals surface area contributed by atoms with E-state index in [1.165, 1.54) is 13.8 Å². The lowest BCUT2D eigenvalue weighted by Crippen LogP contribution is -2.38. The van der Waals surface area contributed by atoms with Crippen molar-refractivity contribution in [2.45, 2.75) is 38.5 Å². The van der Waals surface area contributed by atoms with Crippen LogP contribution in [-0.4, -0.2) is 29.0 Å². The molecule has 86 valence electrons. The molecule has 0 bridgehead atoms. The Labute approximate surface area is 93.9 Å². The minimum Gasteiger partial charge on any atom is -0.465 e. The van der Waals surface area contributed by atoms with Crippen LogP contribution in [0.15, 0.2) is 0 Å². The third-order valence-electron chi connectivity index (χ3n) is 1.70. The smallest absolute Gasteiger partial charge is 0.328 e. The standard InChI is InChI=1S/C10H15ClO4/c1-4-15-9(14)10(11,5-7(2)12)6-8(3)13/h4-6H2,1-3H3. The molecule has 0 aliphatic carbocycles. The van der Waals surface area contributed by atoms with Crippen LogP contribution in [0.5, 0.6) is 0 Å². The van der Waals surface area contributed by atoms with E-state index in [0.717, 1.165) is 0 Å². The Bertz CT molecular complexity index is 257. The third kappa shape index (κ3) is 4.93. The van der Waals surface area contributed by atoms with Crippen molar-refractivity contribution in [1.82, 2.24) is 0 Å². The molecule has 0 saturated carbocycles. The van der Waals surface area contributed by atoms with E-state index < -0.39 is 10.8 Å². The number of carbonyl (C=O) groups is 3. The number of rotatable bonds is 6. The maximum Gasteiger partial charge on any atom is 0.328 e. The highest BCUT2D eigenvalue weighted by atomic mass is 35.5. The number of halogens is 1. The second kappa shape index (κ2) is 5.85. The average Bonchev–Trinajstić information content (AvgIpc) is 2.01. The molecule has 0 heterocycles. The van der Waals surface area contributed by atoms with Gasteiger partial charge in [0.2, 0.25) is 0 Å². The molecule has 0 aromatic heterocycles. The van der Waals surface area contributed by atoms with Crippen molar-refractivity contribution in [3.63, 3.8) is 0 Å². The maximum atomic E-state index is 11.5. The number of Topliss-reactive ketones (excluding diaryl/α,β-unsaturated/α-hetero) is 2. The van der Waals surface area contributed by atoms with Gasteiger partial charge in [-0.15, -0.1) is 11.6 Å². The summed E-state index contributed by atoms with van der Waals surface area (Å²) in [5.74, 6) is -1.21. The molecule has 4 nitrogen and oxygen atoms in total. The fourth-order valence-corrected chi connectivity index (χ4v) is 1.69. The Morgan fingerprint density at radius 2 is 1.53 bits per heavy atom. The molecule has 0 fully saturated rings. The first-order valence-electron chi connectivity index (χ1n) is 4.67. The quantitative estimate of drug-likeness (QED) is 0.516. The first-order chi connectivity index (χ1) is 6.81. The molecule has 0 saturated heterocycles. The van der Waals surface area contributed by atoms with Gasteiger partial charge < -0.3 is 4.74 Å². The summed E-state index contributed by atoms with van der Waals surface area (Å²) >= 11 is 5.94. The van der Waals surface area contributed by atoms with E-state index in [4.69, 9.17) is 16.3 Å². The highest BCUT2D eigenvalue weighted by molar-refractivity contribution is 6.36. The van der Waals surface area contributed by atoms with E-state index >= 15 is 0 Å². The van der Waals surface area contributed by atoms with Crippen molar-refractivity contribution in [3.05, 3.63) is 0 Å². The Morgan fingerprint density at radius 3 is 1.80 bits per heavy atom. The zero-order valence-corrected chi connectivity index (χ0v) is 9.89. The molecule has 0 rings (SSSR count). The van der Waals surface area contributed by atoms with E-state index in [9.17, 15) is 14.4 Å². The normalized spacial score (nSPS) is 10.9. The fraction of sp³-hybridized carbons (Fsp3) is 0.700. The summed E-state index contributed by atoms with van der Waals surface area (Å²) < 4.78 is 4.73. The molecule has 0 aliphatic heterocycles. The van der Waals surface area contributed by atoms with Crippen molar-refractivity contribution in [3.8, 4) is 0 Å². The summed E-state index contributed by atoms with van der Waals surface area (Å²) in [4.78, 5) is 31.8. The average molecular weight is 235 g/mol. The molecule has 0 amide bonds. The molecule has 0 aromatic carbocycles. The van der Waals surface area contributed by atoms with Gasteiger partial charge in [-0.2, -0.15) is 0 Å². The van der Waals surface area contributed by atoms with Gasteiger partial charge in [-0.3, -0.25) is 14.4 Å². The predicted octanol–water partition coefficient (Wildman–Crippen LogP) is 1.49. The van der Waals surface area contributed by atoms with Gasteiger partial charge in [-0.05, 0) is 20.8 Å². The molecule has 0 radical (unpaired) electrons. The summed E-state index contributed by atoms with van der Waals surface area (Å²) in [6, 6.07) is 0. The topological polar surface area (TPSA) is 60.4 Å². The van der Waals surface area contributed by atoms with Crippen molar-refractivity contribution < 1.29 is 19.1 Å². The van der Waals surface area contributed by atoms with Crippen LogP contribution in [0.2, 0.25) is 0 Å². The molecule has 0 aromatic rings. The van der Waals surface area contributed by atoms with Crippen LogP contribution >= 0.6 is 11.6 Å². The van der Waals surface area contributed by atoms with Crippen LogP contribution in [0, 0.1) is 0 Å². The van der Waals surface area contributed by atoms with Gasteiger partial charge in [0.1, 0.15) is 11.6 Å². The van der Waals surface area contributed by atoms with Gasteiger partial charge in [-0.25, -0.2) is 0 Å². The molecule has 0 spiro atoms. The van der Waals surface area contributed by atoms with Crippen LogP contribution in [0.1, 0.15) is 33.6 Å². The second-order valence-electron chi connectivity index (χ2n) is 3.44. The Balaban J connectivity index is 4.74. The minimum atomic E-state index is -1.53. The Morgan fingerprint density at radius 1 is 1.13 bits per heavy atom. The van der Waals surface area contributed by atoms with E-state index in [2.05, 4.69) is 0 Å². The molecule has 0 N–H and O–H groups in total. The van der Waals surface area contributed by atoms with Gasteiger partial charge in [0, 0.05) is 12.8 Å². The van der Waals surface area contributed by atoms with Gasteiger partial charge in [0.25, 0.3) is 0 Å². The zero-order chi connectivity index (χ0) is 12.1. The lowest BCUT2D eigenvalue weighted by molar-refractivity contribution is -0.149. The van der Waals surface area contributed by atoms with E-state index in [1.807, 2.05) is 0 Å². The largest absolute Gasteiger partial charge is 0.465 e. The fourth-order valence-electron chi connectivity index (χ4n) is 1.26. The van der Waals surface area contributed by atoms with Crippen LogP contribution in [0.3, 0.4) is 0 Å². The monoisotopic (exact) mass is 234 g/mol. The third-order valence-corrected chi connectivity index (χ3v) is 2.12. The van der Waals surface area contributed by atoms with Crippen LogP contribution in [0.25, 0.3) is 0 Å². The summed E-state index contributed by atoms with van der Waals surface area (Å²) in [5, 5.41) is 0. The number of hydrogen-bond acceptors (Lipinski definition) is 4. The van der Waals surface area contributed by atoms with E-state index in [0.29, 0.717) is 0 Å². The van der Waals surface area contributed by atoms with Crippen molar-refractivity contribution in [2.24, 2.45) is 0 Å². The van der Waals surface area contributed by atoms with Crippen LogP contribution in [0.4, 0.5) is 0 Å². The van der Waals surface area contributed by atoms with E-state index in [-0.39, 0.29) is 31.0 Å². The Kier molecular flexibility index (Phi) is 5.50. The summed E-state index contributed by atoms with van der Waals surface area (Å²) in [6.45, 7) is 4.44. The van der Waals surface area contributed by atoms with Crippen LogP contribution < -0.4 is 0 Å². The highest BCUT2D eigenvalue weighted by Crippen LogP contribution is 2.27. The summed E-state index contributed by atoms with van der Waals surface area (Å²) in [7, 11) is 0. The maximum absolute atomic E-state index is 11.5. The number of hydrogen-bond donors (Lipinski definition) is 0. The number of alkyl halides is 1. The molecule has 0 aliphatic rings. The molecule has 5 heteroatoms. The van der Waals surface area contributed by atoms with Gasteiger partial charge >= 0.3 is 5.97 Å². The first-order valence-corrected chi connectivity index (χ1v) is 5.04. The van der Waals surface area contributed by atoms with Crippen LogP contribution in [-0.2, 0) is 19.1 Å². The summed E-state index contributed by atoms with van der Waals surface area (Å²) in [6.07, 6.45) is -0.375. The molecular formula is C10H15ClO4. The van der Waals surface area contributed by atoms with E-state index in [1.54, 1.807) is 6.92 Å². The molecule has 0 unspecified atom stereocenters. The number of carbonyl (C=O) groups excluding carboxylic acids is 3. The van der Waals surface area contributed by atoms with Gasteiger partial charge in [0.05, 0.1) is 6.61 Å². The lowest BCUT2D eigenvalue weighted by atomic mass is 9.96. The minimum absolute atomic E-state index is 0.170. The van der Waals surface area contributed by atoms with Gasteiger partial charge in [-0.1, -0.05) is 0 Å². The number of ketones is 2. The number of ether oxygens (including phenoxy) is 1. The SMILES string of the molecule is CCOC(=O)C(Cl)(CC(C)=O)CC(C)=O. The van der Waals surface area contributed by atoms with Crippen molar-refractivity contribution >= 4 is 29.1 Å². The highest BCUT2D eigenvalue weighted by Gasteiger charge is 2.40. The summed E-state index contributed by atoms with van der Waals surface area (Å²) in [5.41, 5.74) is 0. The lowest BCUT2D eigenvalue weighted by Gasteiger charge is -2.22. The zero-order valence-electron chi connectivity index (χ0n) is 9.13. The van der Waals surface area contributed by atoms with Gasteiger partial charge in [0.15, 0.2) is 4.87 Å². The molecular weight excluding hydrogens is 220 g/mol. The molecule has 0 atom stereocenters. The predicted molar refractivity (Wildman–Crippen MR) is 55.8 cm³/mol. The van der Waals surface area contributed by atoms with Crippen molar-refractivity contribution in [2.75, 3.05) is 6.61 Å².